The van der Waals surface area contributed by atoms with Crippen molar-refractivity contribution in [3.8, 4) is 0 Å². The van der Waals surface area contributed by atoms with Crippen molar-refractivity contribution in [1.29, 1.82) is 0 Å². The van der Waals surface area contributed by atoms with Crippen molar-refractivity contribution in [1.82, 2.24) is 9.88 Å². The van der Waals surface area contributed by atoms with Crippen molar-refractivity contribution in [2.75, 3.05) is 7.05 Å². The van der Waals surface area contributed by atoms with E-state index < -0.39 is 17.3 Å². The van der Waals surface area contributed by atoms with Crippen LogP contribution in [0.25, 0.3) is 0 Å². The Labute approximate surface area is 106 Å². The summed E-state index contributed by atoms with van der Waals surface area (Å²) in [6.45, 7) is 4.97. The molecule has 0 radical (unpaired) electrons. The Balaban J connectivity index is 2.80. The van der Waals surface area contributed by atoms with Gasteiger partial charge in [-0.2, -0.15) is 0 Å². The fourth-order valence-electron chi connectivity index (χ4n) is 1.57. The molecule has 0 aliphatic carbocycles. The third-order valence-electron chi connectivity index (χ3n) is 2.76. The average Bonchev–Trinajstić information content (AvgIpc) is 2.27. The van der Waals surface area contributed by atoms with Crippen molar-refractivity contribution in [2.24, 2.45) is 5.41 Å². The van der Waals surface area contributed by atoms with Gasteiger partial charge in [0.25, 0.3) is 0 Å². The molecular formula is C13H18N2O3. The van der Waals surface area contributed by atoms with E-state index in [4.69, 9.17) is 5.11 Å². The predicted molar refractivity (Wildman–Crippen MR) is 66.9 cm³/mol. The molecule has 0 aromatic carbocycles. The predicted octanol–water partition coefficient (Wildman–Crippen LogP) is 1.46. The highest BCUT2D eigenvalue weighted by atomic mass is 16.4. The minimum absolute atomic E-state index is 0.303. The molecule has 1 amide bonds. The average molecular weight is 250 g/mol. The summed E-state index contributed by atoms with van der Waals surface area (Å²) in [6, 6.07) is 5.54. The number of carbonyl (C=O) groups excluding carboxylic acids is 1. The molecule has 1 rings (SSSR count). The van der Waals surface area contributed by atoms with Crippen molar-refractivity contribution >= 4 is 11.9 Å². The molecule has 5 nitrogen and oxygen atoms in total. The van der Waals surface area contributed by atoms with Crippen LogP contribution < -0.4 is 0 Å². The van der Waals surface area contributed by atoms with Crippen LogP contribution >= 0.6 is 0 Å². The summed E-state index contributed by atoms with van der Waals surface area (Å²) < 4.78 is 0. The number of rotatable bonds is 4. The van der Waals surface area contributed by atoms with Crippen molar-refractivity contribution in [3.63, 3.8) is 0 Å². The van der Waals surface area contributed by atoms with E-state index in [1.54, 1.807) is 7.05 Å². The first kappa shape index (κ1) is 14.2. The van der Waals surface area contributed by atoms with Crippen molar-refractivity contribution in [2.45, 2.75) is 27.3 Å². The molecule has 0 atom stereocenters. The highest BCUT2D eigenvalue weighted by Crippen LogP contribution is 2.19. The highest BCUT2D eigenvalue weighted by molar-refractivity contribution is 6.00. The summed E-state index contributed by atoms with van der Waals surface area (Å²) >= 11 is 0. The maximum Gasteiger partial charge on any atom is 0.318 e. The topological polar surface area (TPSA) is 70.5 Å². The Morgan fingerprint density at radius 2 is 2.00 bits per heavy atom. The number of carbonyl (C=O) groups is 2. The first-order chi connectivity index (χ1) is 8.25. The van der Waals surface area contributed by atoms with Crippen LogP contribution in [0.15, 0.2) is 18.2 Å². The monoisotopic (exact) mass is 250 g/mol. The zero-order chi connectivity index (χ0) is 13.9. The highest BCUT2D eigenvalue weighted by Gasteiger charge is 2.38. The smallest absolute Gasteiger partial charge is 0.318 e. The van der Waals surface area contributed by atoms with Gasteiger partial charge < -0.3 is 10.0 Å². The lowest BCUT2D eigenvalue weighted by molar-refractivity contribution is -0.157. The van der Waals surface area contributed by atoms with Gasteiger partial charge in [-0.15, -0.1) is 0 Å². The van der Waals surface area contributed by atoms with Gasteiger partial charge >= 0.3 is 5.97 Å². The lowest BCUT2D eigenvalue weighted by atomic mass is 9.92. The van der Waals surface area contributed by atoms with Gasteiger partial charge in [0.1, 0.15) is 5.41 Å². The van der Waals surface area contributed by atoms with E-state index in [-0.39, 0.29) is 0 Å². The maximum atomic E-state index is 12.0. The lowest BCUT2D eigenvalue weighted by Gasteiger charge is -2.25. The van der Waals surface area contributed by atoms with Gasteiger partial charge in [-0.25, -0.2) is 0 Å². The van der Waals surface area contributed by atoms with Crippen LogP contribution in [0.4, 0.5) is 0 Å². The summed E-state index contributed by atoms with van der Waals surface area (Å²) in [6.07, 6.45) is 0. The SMILES string of the molecule is Cc1cccc(CN(C)C(=O)C(C)(C)C(=O)O)n1. The molecule has 1 aromatic heterocycles. The van der Waals surface area contributed by atoms with E-state index in [2.05, 4.69) is 4.98 Å². The molecule has 0 saturated carbocycles. The van der Waals surface area contributed by atoms with Crippen LogP contribution in [0.2, 0.25) is 0 Å². The Morgan fingerprint density at radius 1 is 1.39 bits per heavy atom. The molecule has 98 valence electrons. The number of amides is 1. The van der Waals surface area contributed by atoms with E-state index in [0.29, 0.717) is 6.54 Å². The normalized spacial score (nSPS) is 11.1. The molecule has 1 aromatic rings. The molecule has 5 heteroatoms. The molecule has 0 fully saturated rings. The number of carboxylic acids is 1. The van der Waals surface area contributed by atoms with E-state index in [1.165, 1.54) is 18.7 Å². The molecule has 0 spiro atoms. The van der Waals surface area contributed by atoms with Crippen LogP contribution in [-0.2, 0) is 16.1 Å². The molecule has 18 heavy (non-hydrogen) atoms. The standard InChI is InChI=1S/C13H18N2O3/c1-9-6-5-7-10(14-9)8-15(4)11(16)13(2,3)12(17)18/h5-7H,8H2,1-4H3,(H,17,18). The van der Waals surface area contributed by atoms with Crippen LogP contribution in [0, 0.1) is 12.3 Å². The number of hydrogen-bond donors (Lipinski definition) is 1. The molecule has 0 aliphatic heterocycles. The second-order valence-electron chi connectivity index (χ2n) is 4.86. The summed E-state index contributed by atoms with van der Waals surface area (Å²) in [5, 5.41) is 9.01. The van der Waals surface area contributed by atoms with Gasteiger partial charge in [-0.1, -0.05) is 6.07 Å². The quantitative estimate of drug-likeness (QED) is 0.821. The molecule has 0 aliphatic rings. The molecule has 1 heterocycles. The summed E-state index contributed by atoms with van der Waals surface area (Å²) in [4.78, 5) is 28.7. The van der Waals surface area contributed by atoms with Gasteiger partial charge in [0.2, 0.25) is 5.91 Å². The van der Waals surface area contributed by atoms with E-state index >= 15 is 0 Å². The molecule has 0 saturated heterocycles. The van der Waals surface area contributed by atoms with Crippen LogP contribution in [-0.4, -0.2) is 33.9 Å². The molecular weight excluding hydrogens is 232 g/mol. The maximum absolute atomic E-state index is 12.0. The Hall–Kier alpha value is -1.91. The second kappa shape index (κ2) is 5.16. The van der Waals surface area contributed by atoms with Crippen LogP contribution in [0.3, 0.4) is 0 Å². The zero-order valence-corrected chi connectivity index (χ0v) is 11.1. The van der Waals surface area contributed by atoms with Gasteiger partial charge in [0, 0.05) is 12.7 Å². The van der Waals surface area contributed by atoms with E-state index in [1.807, 2.05) is 25.1 Å². The van der Waals surface area contributed by atoms with Gasteiger partial charge in [0.05, 0.1) is 12.2 Å². The van der Waals surface area contributed by atoms with E-state index in [9.17, 15) is 9.59 Å². The van der Waals surface area contributed by atoms with Crippen LogP contribution in [0.5, 0.6) is 0 Å². The number of nitrogens with zero attached hydrogens (tertiary/aromatic N) is 2. The summed E-state index contributed by atoms with van der Waals surface area (Å²) in [5.41, 5.74) is 0.191. The van der Waals surface area contributed by atoms with Crippen molar-refractivity contribution in [3.05, 3.63) is 29.6 Å². The molecule has 1 N–H and O–H groups in total. The molecule has 0 bridgehead atoms. The lowest BCUT2D eigenvalue weighted by Crippen LogP contribution is -2.43. The number of aromatic nitrogens is 1. The largest absolute Gasteiger partial charge is 0.480 e. The Bertz CT molecular complexity index is 469. The van der Waals surface area contributed by atoms with Crippen molar-refractivity contribution < 1.29 is 14.7 Å². The summed E-state index contributed by atoms with van der Waals surface area (Å²) in [5.74, 6) is -1.56. The van der Waals surface area contributed by atoms with Gasteiger partial charge in [-0.3, -0.25) is 14.6 Å². The number of aliphatic carboxylic acids is 1. The van der Waals surface area contributed by atoms with Gasteiger partial charge in [-0.05, 0) is 32.9 Å². The zero-order valence-electron chi connectivity index (χ0n) is 11.1. The Morgan fingerprint density at radius 3 is 2.50 bits per heavy atom. The second-order valence-corrected chi connectivity index (χ2v) is 4.86. The first-order valence-electron chi connectivity index (χ1n) is 5.66. The number of pyridine rings is 1. The third-order valence-corrected chi connectivity index (χ3v) is 2.76. The number of hydrogen-bond acceptors (Lipinski definition) is 3. The fourth-order valence-corrected chi connectivity index (χ4v) is 1.57. The minimum Gasteiger partial charge on any atom is -0.480 e. The molecule has 0 unspecified atom stereocenters. The summed E-state index contributed by atoms with van der Waals surface area (Å²) in [7, 11) is 1.58. The first-order valence-corrected chi connectivity index (χ1v) is 5.66. The van der Waals surface area contributed by atoms with Gasteiger partial charge in [0.15, 0.2) is 0 Å². The number of carboxylic acid groups (broad SMARTS) is 1. The number of aryl methyl sites for hydroxylation is 1. The van der Waals surface area contributed by atoms with E-state index in [0.717, 1.165) is 11.4 Å². The minimum atomic E-state index is -1.42. The van der Waals surface area contributed by atoms with Crippen LogP contribution in [0.1, 0.15) is 25.2 Å². The fraction of sp³-hybridized carbons (Fsp3) is 0.462. The third kappa shape index (κ3) is 3.06. The Kier molecular flexibility index (Phi) is 4.06.